The van der Waals surface area contributed by atoms with Gasteiger partial charge < -0.3 is 4.57 Å². The van der Waals surface area contributed by atoms with E-state index in [1.54, 1.807) is 6.33 Å². The van der Waals surface area contributed by atoms with Gasteiger partial charge in [0, 0.05) is 13.1 Å². The largest absolute Gasteiger partial charge is 0.331 e. The lowest BCUT2D eigenvalue weighted by atomic mass is 10.0. The fraction of sp³-hybridized carbons (Fsp3) is 0.636. The first-order valence-electron chi connectivity index (χ1n) is 6.11. The van der Waals surface area contributed by atoms with E-state index in [2.05, 4.69) is 4.98 Å². The lowest BCUT2D eigenvalue weighted by Crippen LogP contribution is -2.45. The van der Waals surface area contributed by atoms with E-state index in [0.29, 0.717) is 30.8 Å². The van der Waals surface area contributed by atoms with E-state index in [1.807, 2.05) is 4.57 Å². The van der Waals surface area contributed by atoms with Gasteiger partial charge in [-0.15, -0.1) is 0 Å². The zero-order chi connectivity index (χ0) is 12.8. The third-order valence-corrected chi connectivity index (χ3v) is 6.19. The van der Waals surface area contributed by atoms with Crippen LogP contribution in [-0.2, 0) is 23.1 Å². The Labute approximate surface area is 106 Å². The third kappa shape index (κ3) is 1.69. The van der Waals surface area contributed by atoms with Crippen molar-refractivity contribution in [2.24, 2.45) is 0 Å². The van der Waals surface area contributed by atoms with Gasteiger partial charge in [0.2, 0.25) is 10.0 Å². The number of fused-ring (bicyclic) bond motifs is 1. The molecule has 0 spiro atoms. The topological polar surface area (TPSA) is 72.3 Å². The van der Waals surface area contributed by atoms with Gasteiger partial charge in [0.1, 0.15) is 5.69 Å². The van der Waals surface area contributed by atoms with Crippen LogP contribution >= 0.6 is 0 Å². The second-order valence-corrected chi connectivity index (χ2v) is 7.03. The lowest BCUT2D eigenvalue weighted by molar-refractivity contribution is 0.111. The molecule has 98 valence electrons. The van der Waals surface area contributed by atoms with Crippen molar-refractivity contribution in [1.29, 1.82) is 0 Å². The Morgan fingerprint density at radius 2 is 2.11 bits per heavy atom. The number of aromatic nitrogens is 2. The molecule has 6 nitrogen and oxygen atoms in total. The van der Waals surface area contributed by atoms with Crippen LogP contribution in [0, 0.1) is 0 Å². The first-order chi connectivity index (χ1) is 8.63. The minimum Gasteiger partial charge on any atom is -0.331 e. The summed E-state index contributed by atoms with van der Waals surface area (Å²) in [7, 11) is -3.19. The molecule has 3 rings (SSSR count). The summed E-state index contributed by atoms with van der Waals surface area (Å²) in [6.45, 7) is 1.32. The van der Waals surface area contributed by atoms with Crippen molar-refractivity contribution in [3.05, 3.63) is 17.7 Å². The summed E-state index contributed by atoms with van der Waals surface area (Å²) in [6.07, 6.45) is 4.81. The second kappa shape index (κ2) is 4.17. The predicted molar refractivity (Wildman–Crippen MR) is 64.6 cm³/mol. The molecule has 1 fully saturated rings. The van der Waals surface area contributed by atoms with E-state index in [-0.39, 0.29) is 11.8 Å². The number of rotatable bonds is 3. The van der Waals surface area contributed by atoms with Crippen molar-refractivity contribution < 1.29 is 13.2 Å². The van der Waals surface area contributed by atoms with Crippen LogP contribution in [-0.4, -0.2) is 40.4 Å². The highest BCUT2D eigenvalue weighted by Crippen LogP contribution is 2.30. The molecule has 1 aromatic rings. The molecule has 0 bridgehead atoms. The molecule has 1 aromatic heterocycles. The van der Waals surface area contributed by atoms with Crippen LogP contribution in [0.15, 0.2) is 6.33 Å². The van der Waals surface area contributed by atoms with Crippen LogP contribution in [0.25, 0.3) is 0 Å². The van der Waals surface area contributed by atoms with Gasteiger partial charge in [0.15, 0.2) is 6.29 Å². The van der Waals surface area contributed by atoms with Crippen LogP contribution in [0.4, 0.5) is 0 Å². The zero-order valence-corrected chi connectivity index (χ0v) is 10.8. The van der Waals surface area contributed by atoms with Crippen molar-refractivity contribution >= 4 is 16.3 Å². The summed E-state index contributed by atoms with van der Waals surface area (Å²) < 4.78 is 28.0. The average molecular weight is 269 g/mol. The molecule has 2 aliphatic rings. The van der Waals surface area contributed by atoms with E-state index >= 15 is 0 Å². The van der Waals surface area contributed by atoms with Crippen LogP contribution in [0.3, 0.4) is 0 Å². The van der Waals surface area contributed by atoms with Gasteiger partial charge in [-0.1, -0.05) is 6.42 Å². The Bertz CT molecular complexity index is 574. The summed E-state index contributed by atoms with van der Waals surface area (Å²) in [6, 6.07) is 0. The van der Waals surface area contributed by atoms with Crippen LogP contribution in [0.5, 0.6) is 0 Å². The fourth-order valence-electron chi connectivity index (χ4n) is 2.45. The molecular weight excluding hydrogens is 254 g/mol. The zero-order valence-electron chi connectivity index (χ0n) is 9.95. The van der Waals surface area contributed by atoms with E-state index in [4.69, 9.17) is 0 Å². The summed E-state index contributed by atoms with van der Waals surface area (Å²) in [5.74, 6) is 0. The Morgan fingerprint density at radius 1 is 1.33 bits per heavy atom. The Balaban J connectivity index is 1.87. The SMILES string of the molecule is O=Cc1ncn2c1CN(S(=O)(=O)C1CCC1)CC2. The minimum atomic E-state index is -3.19. The van der Waals surface area contributed by atoms with E-state index < -0.39 is 10.0 Å². The maximum atomic E-state index is 12.3. The van der Waals surface area contributed by atoms with Gasteiger partial charge >= 0.3 is 0 Å². The second-order valence-electron chi connectivity index (χ2n) is 4.82. The number of carbonyl (C=O) groups excluding carboxylic acids is 1. The molecule has 0 amide bonds. The maximum Gasteiger partial charge on any atom is 0.217 e. The first kappa shape index (κ1) is 11.9. The summed E-state index contributed by atoms with van der Waals surface area (Å²) in [4.78, 5) is 14.8. The van der Waals surface area contributed by atoms with Crippen molar-refractivity contribution in [3.63, 3.8) is 0 Å². The van der Waals surface area contributed by atoms with Crippen molar-refractivity contribution in [2.45, 2.75) is 37.6 Å². The van der Waals surface area contributed by atoms with Gasteiger partial charge in [0.05, 0.1) is 23.8 Å². The molecule has 7 heteroatoms. The van der Waals surface area contributed by atoms with Gasteiger partial charge in [-0.2, -0.15) is 4.31 Å². The molecule has 0 radical (unpaired) electrons. The predicted octanol–water partition coefficient (Wildman–Crippen LogP) is 0.393. The molecule has 0 N–H and O–H groups in total. The number of aldehydes is 1. The quantitative estimate of drug-likeness (QED) is 0.744. The number of hydrogen-bond donors (Lipinski definition) is 0. The van der Waals surface area contributed by atoms with Gasteiger partial charge in [-0.05, 0) is 12.8 Å². The number of sulfonamides is 1. The van der Waals surface area contributed by atoms with Crippen molar-refractivity contribution in [3.8, 4) is 0 Å². The van der Waals surface area contributed by atoms with E-state index in [0.717, 1.165) is 19.3 Å². The smallest absolute Gasteiger partial charge is 0.217 e. The maximum absolute atomic E-state index is 12.3. The first-order valence-corrected chi connectivity index (χ1v) is 7.61. The molecule has 1 aliphatic carbocycles. The highest BCUT2D eigenvalue weighted by atomic mass is 32.2. The molecule has 2 heterocycles. The Morgan fingerprint density at radius 3 is 2.72 bits per heavy atom. The number of carbonyl (C=O) groups is 1. The highest BCUT2D eigenvalue weighted by Gasteiger charge is 2.38. The monoisotopic (exact) mass is 269 g/mol. The fourth-order valence-corrected chi connectivity index (χ4v) is 4.44. The lowest BCUT2D eigenvalue weighted by Gasteiger charge is -2.34. The molecule has 1 aliphatic heterocycles. The number of hydrogen-bond acceptors (Lipinski definition) is 4. The molecule has 1 saturated carbocycles. The van der Waals surface area contributed by atoms with E-state index in [1.165, 1.54) is 4.31 Å². The molecule has 18 heavy (non-hydrogen) atoms. The van der Waals surface area contributed by atoms with Crippen molar-refractivity contribution in [1.82, 2.24) is 13.9 Å². The number of nitrogens with zero attached hydrogens (tertiary/aromatic N) is 3. The van der Waals surface area contributed by atoms with Crippen molar-refractivity contribution in [2.75, 3.05) is 6.54 Å². The minimum absolute atomic E-state index is 0.216. The Kier molecular flexibility index (Phi) is 2.74. The average Bonchev–Trinajstić information content (AvgIpc) is 2.67. The standard InChI is InChI=1S/C11H15N3O3S/c15-7-10-11-6-14(5-4-13(11)8-12-10)18(16,17)9-2-1-3-9/h7-9H,1-6H2. The summed E-state index contributed by atoms with van der Waals surface area (Å²) in [5.41, 5.74) is 1.06. The van der Waals surface area contributed by atoms with Crippen LogP contribution in [0.2, 0.25) is 0 Å². The molecule has 0 unspecified atom stereocenters. The third-order valence-electron chi connectivity index (χ3n) is 3.84. The summed E-state index contributed by atoms with van der Waals surface area (Å²) in [5, 5.41) is -0.216. The number of imidazole rings is 1. The summed E-state index contributed by atoms with van der Waals surface area (Å²) >= 11 is 0. The van der Waals surface area contributed by atoms with Gasteiger partial charge in [-0.3, -0.25) is 4.79 Å². The molecular formula is C11H15N3O3S. The van der Waals surface area contributed by atoms with Gasteiger partial charge in [0.25, 0.3) is 0 Å². The molecule has 0 atom stereocenters. The Hall–Kier alpha value is -1.21. The van der Waals surface area contributed by atoms with Crippen LogP contribution < -0.4 is 0 Å². The molecule has 0 saturated heterocycles. The normalized spacial score (nSPS) is 21.3. The van der Waals surface area contributed by atoms with E-state index in [9.17, 15) is 13.2 Å². The highest BCUT2D eigenvalue weighted by molar-refractivity contribution is 7.89. The van der Waals surface area contributed by atoms with Crippen LogP contribution in [0.1, 0.15) is 35.4 Å². The molecule has 0 aromatic carbocycles. The van der Waals surface area contributed by atoms with Gasteiger partial charge in [-0.25, -0.2) is 13.4 Å².